The van der Waals surface area contributed by atoms with Gasteiger partial charge in [0.05, 0.1) is 5.60 Å². The molecule has 0 spiro atoms. The molecule has 1 heterocycles. The minimum Gasteiger partial charge on any atom is -0.390 e. The molecule has 14 heavy (non-hydrogen) atoms. The Hall–Kier alpha value is 0.0700. The summed E-state index contributed by atoms with van der Waals surface area (Å²) in [6.07, 6.45) is 1.82. The van der Waals surface area contributed by atoms with Gasteiger partial charge in [0.25, 0.3) is 0 Å². The third-order valence-electron chi connectivity index (χ3n) is 2.52. The second-order valence-corrected chi connectivity index (χ2v) is 6.30. The van der Waals surface area contributed by atoms with E-state index in [4.69, 9.17) is 0 Å². The summed E-state index contributed by atoms with van der Waals surface area (Å²) in [4.78, 5) is 2.31. The quantitative estimate of drug-likeness (QED) is 0.756. The maximum atomic E-state index is 11.3. The van der Waals surface area contributed by atoms with Gasteiger partial charge in [0.2, 0.25) is 0 Å². The van der Waals surface area contributed by atoms with Gasteiger partial charge in [-0.1, -0.05) is 0 Å². The van der Waals surface area contributed by atoms with Crippen LogP contribution in [-0.4, -0.2) is 51.0 Å². The zero-order chi connectivity index (χ0) is 10.6. The minimum atomic E-state index is -0.607. The van der Waals surface area contributed by atoms with E-state index in [0.29, 0.717) is 0 Å². The molecule has 84 valence electrons. The van der Waals surface area contributed by atoms with Gasteiger partial charge in [-0.3, -0.25) is 4.21 Å². The molecule has 1 N–H and O–H groups in total. The molecule has 1 rings (SSSR count). The van der Waals surface area contributed by atoms with E-state index in [2.05, 4.69) is 4.90 Å². The van der Waals surface area contributed by atoms with Gasteiger partial charge in [-0.05, 0) is 33.2 Å². The highest BCUT2D eigenvalue weighted by molar-refractivity contribution is 7.85. The van der Waals surface area contributed by atoms with Gasteiger partial charge in [0.15, 0.2) is 0 Å². The minimum absolute atomic E-state index is 0.578. The molecule has 0 aromatic rings. The standard InChI is InChI=1S/C10H21NO2S/c1-10(2,12)4-6-11-5-3-8-14(13)9-7-11/h12H,3-9H2,1-2H3. The molecular weight excluding hydrogens is 198 g/mol. The van der Waals surface area contributed by atoms with Crippen LogP contribution < -0.4 is 0 Å². The topological polar surface area (TPSA) is 40.5 Å². The number of aliphatic hydroxyl groups is 1. The lowest BCUT2D eigenvalue weighted by Crippen LogP contribution is -2.32. The molecule has 1 aliphatic rings. The maximum Gasteiger partial charge on any atom is 0.0603 e. The summed E-state index contributed by atoms with van der Waals surface area (Å²) in [7, 11) is -0.607. The summed E-state index contributed by atoms with van der Waals surface area (Å²) in [6.45, 7) is 6.54. The van der Waals surface area contributed by atoms with Crippen molar-refractivity contribution < 1.29 is 9.32 Å². The molecule has 0 aliphatic carbocycles. The largest absolute Gasteiger partial charge is 0.390 e. The van der Waals surface area contributed by atoms with E-state index in [1.165, 1.54) is 0 Å². The highest BCUT2D eigenvalue weighted by Crippen LogP contribution is 2.10. The van der Waals surface area contributed by atoms with Crippen molar-refractivity contribution in [3.63, 3.8) is 0 Å². The predicted molar refractivity (Wildman–Crippen MR) is 59.8 cm³/mol. The summed E-state index contributed by atoms with van der Waals surface area (Å²) in [6, 6.07) is 0. The van der Waals surface area contributed by atoms with Crippen molar-refractivity contribution in [1.82, 2.24) is 4.90 Å². The SMILES string of the molecule is CC(C)(O)CCN1CCCS(=O)CC1. The van der Waals surface area contributed by atoms with E-state index in [-0.39, 0.29) is 0 Å². The molecule has 1 aliphatic heterocycles. The van der Waals surface area contributed by atoms with Gasteiger partial charge < -0.3 is 10.0 Å². The fourth-order valence-electron chi connectivity index (χ4n) is 1.55. The molecular formula is C10H21NO2S. The van der Waals surface area contributed by atoms with E-state index in [9.17, 15) is 9.32 Å². The monoisotopic (exact) mass is 219 g/mol. The Bertz CT molecular complexity index is 201. The highest BCUT2D eigenvalue weighted by Gasteiger charge is 2.17. The van der Waals surface area contributed by atoms with Crippen molar-refractivity contribution in [3.8, 4) is 0 Å². The molecule has 0 radical (unpaired) electrons. The zero-order valence-corrected chi connectivity index (χ0v) is 9.98. The molecule has 4 heteroatoms. The molecule has 1 fully saturated rings. The van der Waals surface area contributed by atoms with Crippen LogP contribution in [-0.2, 0) is 10.8 Å². The second-order valence-electron chi connectivity index (χ2n) is 4.61. The van der Waals surface area contributed by atoms with Crippen LogP contribution in [0, 0.1) is 0 Å². The molecule has 3 nitrogen and oxygen atoms in total. The van der Waals surface area contributed by atoms with Crippen molar-refractivity contribution in [2.75, 3.05) is 31.1 Å². The summed E-state index contributed by atoms with van der Waals surface area (Å²) in [5.41, 5.74) is -0.578. The normalized spacial score (nSPS) is 26.1. The van der Waals surface area contributed by atoms with Crippen LogP contribution in [0.4, 0.5) is 0 Å². The third kappa shape index (κ3) is 5.08. The summed E-state index contributed by atoms with van der Waals surface area (Å²) in [5.74, 6) is 1.64. The van der Waals surface area contributed by atoms with Crippen LogP contribution in [0.2, 0.25) is 0 Å². The Balaban J connectivity index is 2.27. The van der Waals surface area contributed by atoms with Crippen molar-refractivity contribution >= 4 is 10.8 Å². The van der Waals surface area contributed by atoms with Crippen molar-refractivity contribution in [3.05, 3.63) is 0 Å². The summed E-state index contributed by atoms with van der Waals surface area (Å²) in [5, 5.41) is 9.58. The van der Waals surface area contributed by atoms with Gasteiger partial charge in [-0.15, -0.1) is 0 Å². The molecule has 0 aromatic carbocycles. The Morgan fingerprint density at radius 2 is 2.07 bits per heavy atom. The lowest BCUT2D eigenvalue weighted by Gasteiger charge is -2.24. The van der Waals surface area contributed by atoms with E-state index < -0.39 is 16.4 Å². The fraction of sp³-hybridized carbons (Fsp3) is 1.00. The van der Waals surface area contributed by atoms with Crippen molar-refractivity contribution in [2.45, 2.75) is 32.3 Å². The van der Waals surface area contributed by atoms with Gasteiger partial charge in [-0.2, -0.15) is 0 Å². The number of rotatable bonds is 3. The molecule has 1 saturated heterocycles. The zero-order valence-electron chi connectivity index (χ0n) is 9.16. The van der Waals surface area contributed by atoms with Gasteiger partial charge in [0.1, 0.15) is 0 Å². The fourth-order valence-corrected chi connectivity index (χ4v) is 2.67. The third-order valence-corrected chi connectivity index (χ3v) is 3.90. The first-order valence-electron chi connectivity index (χ1n) is 5.27. The Morgan fingerprint density at radius 3 is 2.71 bits per heavy atom. The molecule has 0 aromatic heterocycles. The van der Waals surface area contributed by atoms with Crippen molar-refractivity contribution in [1.29, 1.82) is 0 Å². The average molecular weight is 219 g/mol. The number of nitrogens with zero attached hydrogens (tertiary/aromatic N) is 1. The van der Waals surface area contributed by atoms with Crippen LogP contribution in [0.3, 0.4) is 0 Å². The van der Waals surface area contributed by atoms with E-state index >= 15 is 0 Å². The predicted octanol–water partition coefficient (Wildman–Crippen LogP) is 0.602. The summed E-state index contributed by atoms with van der Waals surface area (Å²) < 4.78 is 11.3. The van der Waals surface area contributed by atoms with Crippen molar-refractivity contribution in [2.24, 2.45) is 0 Å². The van der Waals surface area contributed by atoms with Crippen LogP contribution >= 0.6 is 0 Å². The lowest BCUT2D eigenvalue weighted by molar-refractivity contribution is 0.0586. The second kappa shape index (κ2) is 5.24. The number of hydrogen-bond donors (Lipinski definition) is 1. The van der Waals surface area contributed by atoms with Crippen LogP contribution in [0.5, 0.6) is 0 Å². The smallest absolute Gasteiger partial charge is 0.0603 e. The Morgan fingerprint density at radius 1 is 1.36 bits per heavy atom. The first-order chi connectivity index (χ1) is 6.47. The molecule has 1 unspecified atom stereocenters. The van der Waals surface area contributed by atoms with E-state index in [0.717, 1.165) is 44.0 Å². The summed E-state index contributed by atoms with van der Waals surface area (Å²) >= 11 is 0. The van der Waals surface area contributed by atoms with Crippen LogP contribution in [0.15, 0.2) is 0 Å². The van der Waals surface area contributed by atoms with Gasteiger partial charge >= 0.3 is 0 Å². The Kier molecular flexibility index (Phi) is 4.54. The molecule has 0 saturated carbocycles. The number of hydrogen-bond acceptors (Lipinski definition) is 3. The molecule has 1 atom stereocenters. The van der Waals surface area contributed by atoms with E-state index in [1.54, 1.807) is 0 Å². The van der Waals surface area contributed by atoms with Gasteiger partial charge in [-0.25, -0.2) is 0 Å². The van der Waals surface area contributed by atoms with Crippen LogP contribution in [0.25, 0.3) is 0 Å². The Labute approximate surface area is 88.9 Å². The first kappa shape index (κ1) is 12.1. The van der Waals surface area contributed by atoms with Gasteiger partial charge in [0, 0.05) is 35.4 Å². The molecule has 0 bridgehead atoms. The average Bonchev–Trinajstić information content (AvgIpc) is 2.25. The first-order valence-corrected chi connectivity index (χ1v) is 6.76. The molecule has 0 amide bonds. The highest BCUT2D eigenvalue weighted by atomic mass is 32.2. The maximum absolute atomic E-state index is 11.3. The van der Waals surface area contributed by atoms with E-state index in [1.807, 2.05) is 13.8 Å². The lowest BCUT2D eigenvalue weighted by atomic mass is 10.1. The van der Waals surface area contributed by atoms with Crippen LogP contribution in [0.1, 0.15) is 26.7 Å².